The standard InChI is InChI=1S/C20H22N2O5/c1-25-18-9-8-15(19(26-2)20(18)27-3)17(12-23)22-11-10-16(21-22)13-4-6-14(24)7-5-13/h4-9,12,17,24H,10-11H2,1-3H3. The Kier molecular flexibility index (Phi) is 5.49. The van der Waals surface area contributed by atoms with Gasteiger partial charge in [0.2, 0.25) is 5.75 Å². The first kappa shape index (κ1) is 18.6. The summed E-state index contributed by atoms with van der Waals surface area (Å²) < 4.78 is 16.2. The molecule has 2 aromatic carbocycles. The first-order chi connectivity index (χ1) is 13.1. The van der Waals surface area contributed by atoms with Gasteiger partial charge in [0.05, 0.1) is 27.0 Å². The summed E-state index contributed by atoms with van der Waals surface area (Å²) in [6, 6.07) is 9.77. The van der Waals surface area contributed by atoms with Crippen LogP contribution in [0.25, 0.3) is 0 Å². The molecule has 0 aromatic heterocycles. The molecule has 0 radical (unpaired) electrons. The summed E-state index contributed by atoms with van der Waals surface area (Å²) in [5.74, 6) is 1.61. The second-order valence-corrected chi connectivity index (χ2v) is 6.01. The number of hydrogen-bond donors (Lipinski definition) is 1. The van der Waals surface area contributed by atoms with Crippen molar-refractivity contribution >= 4 is 12.0 Å². The van der Waals surface area contributed by atoms with Crippen LogP contribution < -0.4 is 14.2 Å². The molecule has 0 fully saturated rings. The predicted molar refractivity (Wildman–Crippen MR) is 101 cm³/mol. The van der Waals surface area contributed by atoms with Gasteiger partial charge >= 0.3 is 0 Å². The van der Waals surface area contributed by atoms with Gasteiger partial charge in [-0.05, 0) is 42.0 Å². The molecular weight excluding hydrogens is 348 g/mol. The predicted octanol–water partition coefficient (Wildman–Crippen LogP) is 2.77. The first-order valence-corrected chi connectivity index (χ1v) is 8.50. The highest BCUT2D eigenvalue weighted by atomic mass is 16.5. The maximum atomic E-state index is 11.9. The van der Waals surface area contributed by atoms with Crippen molar-refractivity contribution in [2.75, 3.05) is 27.9 Å². The highest BCUT2D eigenvalue weighted by Gasteiger charge is 2.29. The Morgan fingerprint density at radius 2 is 1.74 bits per heavy atom. The van der Waals surface area contributed by atoms with E-state index in [1.807, 2.05) is 12.1 Å². The molecule has 1 aliphatic rings. The number of nitrogens with zero attached hydrogens (tertiary/aromatic N) is 2. The Morgan fingerprint density at radius 1 is 1.04 bits per heavy atom. The molecule has 3 rings (SSSR count). The molecule has 0 amide bonds. The summed E-state index contributed by atoms with van der Waals surface area (Å²) in [6.07, 6.45) is 1.54. The third-order valence-corrected chi connectivity index (χ3v) is 4.53. The number of carbonyl (C=O) groups excluding carboxylic acids is 1. The van der Waals surface area contributed by atoms with Crippen LogP contribution in [0.15, 0.2) is 41.5 Å². The van der Waals surface area contributed by atoms with Gasteiger partial charge in [-0.1, -0.05) is 0 Å². The second kappa shape index (κ2) is 7.99. The number of phenolic OH excluding ortho intramolecular Hbond substituents is 1. The lowest BCUT2D eigenvalue weighted by Crippen LogP contribution is -2.23. The molecule has 1 aliphatic heterocycles. The van der Waals surface area contributed by atoms with E-state index >= 15 is 0 Å². The number of hydrogen-bond acceptors (Lipinski definition) is 7. The summed E-state index contributed by atoms with van der Waals surface area (Å²) in [7, 11) is 4.59. The van der Waals surface area contributed by atoms with E-state index in [2.05, 4.69) is 5.10 Å². The average molecular weight is 370 g/mol. The van der Waals surface area contributed by atoms with Crippen LogP contribution >= 0.6 is 0 Å². The summed E-state index contributed by atoms with van der Waals surface area (Å²) in [5.41, 5.74) is 2.43. The summed E-state index contributed by atoms with van der Waals surface area (Å²) >= 11 is 0. The zero-order valence-electron chi connectivity index (χ0n) is 15.5. The molecule has 1 N–H and O–H groups in total. The minimum absolute atomic E-state index is 0.204. The fourth-order valence-electron chi connectivity index (χ4n) is 3.19. The van der Waals surface area contributed by atoms with Gasteiger partial charge in [-0.15, -0.1) is 0 Å². The topological polar surface area (TPSA) is 80.6 Å². The second-order valence-electron chi connectivity index (χ2n) is 6.01. The maximum Gasteiger partial charge on any atom is 0.203 e. The lowest BCUT2D eigenvalue weighted by atomic mass is 10.0. The van der Waals surface area contributed by atoms with E-state index in [1.165, 1.54) is 14.2 Å². The molecule has 0 saturated carbocycles. The van der Waals surface area contributed by atoms with E-state index in [0.717, 1.165) is 17.6 Å². The molecular formula is C20H22N2O5. The third kappa shape index (κ3) is 3.53. The van der Waals surface area contributed by atoms with Crippen LogP contribution in [0.2, 0.25) is 0 Å². The van der Waals surface area contributed by atoms with Crippen LogP contribution in [0, 0.1) is 0 Å². The fraction of sp³-hybridized carbons (Fsp3) is 0.300. The molecule has 7 heteroatoms. The first-order valence-electron chi connectivity index (χ1n) is 8.50. The van der Waals surface area contributed by atoms with Crippen molar-refractivity contribution in [2.45, 2.75) is 12.5 Å². The molecule has 0 spiro atoms. The van der Waals surface area contributed by atoms with Crippen LogP contribution in [0.3, 0.4) is 0 Å². The number of rotatable bonds is 7. The molecule has 0 saturated heterocycles. The van der Waals surface area contributed by atoms with E-state index in [4.69, 9.17) is 14.2 Å². The van der Waals surface area contributed by atoms with Crippen LogP contribution in [0.5, 0.6) is 23.0 Å². The smallest absolute Gasteiger partial charge is 0.203 e. The Hall–Kier alpha value is -3.22. The van der Waals surface area contributed by atoms with Crippen LogP contribution in [0.4, 0.5) is 0 Å². The zero-order valence-corrected chi connectivity index (χ0v) is 15.5. The Bertz CT molecular complexity index is 848. The highest BCUT2D eigenvalue weighted by molar-refractivity contribution is 6.01. The van der Waals surface area contributed by atoms with Gasteiger partial charge in [0, 0.05) is 18.5 Å². The molecule has 2 aromatic rings. The number of phenols is 1. The van der Waals surface area contributed by atoms with Crippen molar-refractivity contribution in [3.8, 4) is 23.0 Å². The molecule has 1 unspecified atom stereocenters. The minimum atomic E-state index is -0.616. The van der Waals surface area contributed by atoms with Gasteiger partial charge in [0.15, 0.2) is 11.5 Å². The Labute approximate surface area is 157 Å². The van der Waals surface area contributed by atoms with Gasteiger partial charge in [-0.2, -0.15) is 5.10 Å². The number of aldehydes is 1. The average Bonchev–Trinajstić information content (AvgIpc) is 3.18. The number of carbonyl (C=O) groups is 1. The molecule has 1 atom stereocenters. The number of ether oxygens (including phenoxy) is 3. The maximum absolute atomic E-state index is 11.9. The molecule has 7 nitrogen and oxygen atoms in total. The van der Waals surface area contributed by atoms with E-state index in [-0.39, 0.29) is 5.75 Å². The minimum Gasteiger partial charge on any atom is -0.508 e. The van der Waals surface area contributed by atoms with Gasteiger partial charge in [-0.25, -0.2) is 0 Å². The SMILES string of the molecule is COc1ccc(C(C=O)N2CCC(c3ccc(O)cc3)=N2)c(OC)c1OC. The number of benzene rings is 2. The molecule has 0 bridgehead atoms. The van der Waals surface area contributed by atoms with Crippen molar-refractivity contribution in [1.82, 2.24) is 5.01 Å². The molecule has 1 heterocycles. The van der Waals surface area contributed by atoms with E-state index in [0.29, 0.717) is 35.8 Å². The largest absolute Gasteiger partial charge is 0.508 e. The molecule has 0 aliphatic carbocycles. The normalized spacial score (nSPS) is 14.5. The van der Waals surface area contributed by atoms with Crippen LogP contribution in [-0.4, -0.2) is 50.0 Å². The van der Waals surface area contributed by atoms with Crippen LogP contribution in [0.1, 0.15) is 23.6 Å². The third-order valence-electron chi connectivity index (χ3n) is 4.53. The van der Waals surface area contributed by atoms with Gasteiger partial charge in [0.25, 0.3) is 0 Å². The zero-order chi connectivity index (χ0) is 19.4. The van der Waals surface area contributed by atoms with E-state index in [1.54, 1.807) is 36.4 Å². The van der Waals surface area contributed by atoms with Crippen molar-refractivity contribution in [2.24, 2.45) is 5.10 Å². The number of aromatic hydroxyl groups is 1. The molecule has 27 heavy (non-hydrogen) atoms. The number of methoxy groups -OCH3 is 3. The summed E-state index contributed by atoms with van der Waals surface area (Å²) in [6.45, 7) is 0.594. The lowest BCUT2D eigenvalue weighted by molar-refractivity contribution is -0.112. The van der Waals surface area contributed by atoms with Crippen LogP contribution in [-0.2, 0) is 4.79 Å². The van der Waals surface area contributed by atoms with Gasteiger partial charge in [-0.3, -0.25) is 5.01 Å². The monoisotopic (exact) mass is 370 g/mol. The fourth-order valence-corrected chi connectivity index (χ4v) is 3.19. The van der Waals surface area contributed by atoms with E-state index in [9.17, 15) is 9.90 Å². The van der Waals surface area contributed by atoms with Gasteiger partial charge < -0.3 is 24.1 Å². The van der Waals surface area contributed by atoms with Crippen molar-refractivity contribution in [3.63, 3.8) is 0 Å². The van der Waals surface area contributed by atoms with Gasteiger partial charge in [0.1, 0.15) is 18.1 Å². The Morgan fingerprint density at radius 3 is 2.33 bits per heavy atom. The van der Waals surface area contributed by atoms with Crippen molar-refractivity contribution < 1.29 is 24.1 Å². The summed E-state index contributed by atoms with van der Waals surface area (Å²) in [4.78, 5) is 11.9. The number of hydrazone groups is 1. The van der Waals surface area contributed by atoms with E-state index < -0.39 is 6.04 Å². The molecule has 142 valence electrons. The van der Waals surface area contributed by atoms with Crippen molar-refractivity contribution in [3.05, 3.63) is 47.5 Å². The van der Waals surface area contributed by atoms with Crippen molar-refractivity contribution in [1.29, 1.82) is 0 Å². The highest BCUT2D eigenvalue weighted by Crippen LogP contribution is 2.43. The quantitative estimate of drug-likeness (QED) is 0.755. The summed E-state index contributed by atoms with van der Waals surface area (Å²) in [5, 5.41) is 15.8. The lowest BCUT2D eigenvalue weighted by Gasteiger charge is -2.24. The Balaban J connectivity index is 1.96.